The number of rotatable bonds is 7. The van der Waals surface area contributed by atoms with Gasteiger partial charge in [-0.15, -0.1) is 0 Å². The summed E-state index contributed by atoms with van der Waals surface area (Å²) in [6, 6.07) is 3.49. The van der Waals surface area contributed by atoms with Crippen LogP contribution in [0, 0.1) is 3.57 Å². The molecule has 0 aliphatic heterocycles. The smallest absolute Gasteiger partial charge is 0.252 e. The molecule has 0 saturated carbocycles. The third-order valence-corrected chi connectivity index (χ3v) is 3.45. The van der Waals surface area contributed by atoms with Crippen LogP contribution in [0.3, 0.4) is 0 Å². The van der Waals surface area contributed by atoms with Crippen molar-refractivity contribution in [2.75, 3.05) is 33.9 Å². The standard InChI is InChI=1S/C13H19IN2O3/c1-4-15-5-6-16-13(17)9-7-11(18-2)12(19-3)8-10(9)14/h7-8,15H,4-6H2,1-3H3,(H,16,17). The minimum absolute atomic E-state index is 0.108. The first-order valence-electron chi connectivity index (χ1n) is 6.04. The van der Waals surface area contributed by atoms with Gasteiger partial charge in [0.25, 0.3) is 5.91 Å². The largest absolute Gasteiger partial charge is 0.493 e. The average Bonchev–Trinajstić information content (AvgIpc) is 2.42. The van der Waals surface area contributed by atoms with Crippen LogP contribution in [0.1, 0.15) is 17.3 Å². The van der Waals surface area contributed by atoms with Gasteiger partial charge < -0.3 is 20.1 Å². The van der Waals surface area contributed by atoms with Crippen LogP contribution in [0.15, 0.2) is 12.1 Å². The van der Waals surface area contributed by atoms with Crippen molar-refractivity contribution in [1.82, 2.24) is 10.6 Å². The quantitative estimate of drug-likeness (QED) is 0.560. The van der Waals surface area contributed by atoms with Gasteiger partial charge in [-0.05, 0) is 41.3 Å². The number of carbonyl (C=O) groups excluding carboxylic acids is 1. The molecule has 0 heterocycles. The minimum Gasteiger partial charge on any atom is -0.493 e. The van der Waals surface area contributed by atoms with Crippen molar-refractivity contribution in [3.8, 4) is 11.5 Å². The number of amides is 1. The van der Waals surface area contributed by atoms with Gasteiger partial charge in [-0.1, -0.05) is 6.92 Å². The van der Waals surface area contributed by atoms with E-state index in [1.54, 1.807) is 26.4 Å². The second kappa shape index (κ2) is 8.21. The SMILES string of the molecule is CCNCCNC(=O)c1cc(OC)c(OC)cc1I. The predicted octanol–water partition coefficient (Wildman–Crippen LogP) is 1.65. The molecule has 2 N–H and O–H groups in total. The lowest BCUT2D eigenvalue weighted by atomic mass is 10.2. The highest BCUT2D eigenvalue weighted by Gasteiger charge is 2.14. The molecule has 0 atom stereocenters. The summed E-state index contributed by atoms with van der Waals surface area (Å²) in [7, 11) is 3.13. The fraction of sp³-hybridized carbons (Fsp3) is 0.462. The van der Waals surface area contributed by atoms with Crippen LogP contribution in [-0.2, 0) is 0 Å². The first-order valence-corrected chi connectivity index (χ1v) is 7.12. The Morgan fingerprint density at radius 2 is 1.84 bits per heavy atom. The minimum atomic E-state index is -0.108. The maximum absolute atomic E-state index is 12.1. The molecule has 0 fully saturated rings. The molecule has 1 aromatic carbocycles. The number of likely N-dealkylation sites (N-methyl/N-ethyl adjacent to an activating group) is 1. The molecule has 1 aromatic rings. The summed E-state index contributed by atoms with van der Waals surface area (Å²) < 4.78 is 11.2. The Labute approximate surface area is 127 Å². The molecule has 5 nitrogen and oxygen atoms in total. The molecule has 6 heteroatoms. The van der Waals surface area contributed by atoms with E-state index < -0.39 is 0 Å². The van der Waals surface area contributed by atoms with Crippen LogP contribution in [0.25, 0.3) is 0 Å². The average molecular weight is 378 g/mol. The van der Waals surface area contributed by atoms with Crippen molar-refractivity contribution in [1.29, 1.82) is 0 Å². The van der Waals surface area contributed by atoms with E-state index in [9.17, 15) is 4.79 Å². The van der Waals surface area contributed by atoms with E-state index in [0.29, 0.717) is 23.6 Å². The molecular weight excluding hydrogens is 359 g/mol. The van der Waals surface area contributed by atoms with E-state index in [4.69, 9.17) is 9.47 Å². The van der Waals surface area contributed by atoms with Crippen LogP contribution in [-0.4, -0.2) is 39.8 Å². The van der Waals surface area contributed by atoms with Crippen LogP contribution < -0.4 is 20.1 Å². The van der Waals surface area contributed by atoms with E-state index in [-0.39, 0.29) is 5.91 Å². The molecule has 0 saturated heterocycles. The zero-order chi connectivity index (χ0) is 14.3. The highest BCUT2D eigenvalue weighted by Crippen LogP contribution is 2.31. The second-order valence-corrected chi connectivity index (χ2v) is 4.96. The number of hydrogen-bond acceptors (Lipinski definition) is 4. The molecule has 0 aromatic heterocycles. The van der Waals surface area contributed by atoms with Crippen molar-refractivity contribution in [3.05, 3.63) is 21.3 Å². The van der Waals surface area contributed by atoms with Gasteiger partial charge in [-0.3, -0.25) is 4.79 Å². The van der Waals surface area contributed by atoms with E-state index in [0.717, 1.165) is 16.7 Å². The second-order valence-electron chi connectivity index (χ2n) is 3.80. The lowest BCUT2D eigenvalue weighted by Crippen LogP contribution is -2.32. The van der Waals surface area contributed by atoms with E-state index in [1.165, 1.54) is 0 Å². The molecule has 0 spiro atoms. The van der Waals surface area contributed by atoms with Crippen molar-refractivity contribution in [2.24, 2.45) is 0 Å². The zero-order valence-electron chi connectivity index (χ0n) is 11.4. The van der Waals surface area contributed by atoms with Crippen molar-refractivity contribution in [2.45, 2.75) is 6.92 Å². The van der Waals surface area contributed by atoms with Gasteiger partial charge >= 0.3 is 0 Å². The Morgan fingerprint density at radius 3 is 2.42 bits per heavy atom. The summed E-state index contributed by atoms with van der Waals surface area (Å²) in [6.45, 7) is 4.27. The van der Waals surface area contributed by atoms with Crippen LogP contribution in [0.2, 0.25) is 0 Å². The summed E-state index contributed by atoms with van der Waals surface area (Å²) in [5.41, 5.74) is 0.592. The van der Waals surface area contributed by atoms with Gasteiger partial charge in [0, 0.05) is 16.7 Å². The number of methoxy groups -OCH3 is 2. The molecule has 0 unspecified atom stereocenters. The first-order chi connectivity index (χ1) is 9.13. The van der Waals surface area contributed by atoms with Crippen LogP contribution in [0.5, 0.6) is 11.5 Å². The topological polar surface area (TPSA) is 59.6 Å². The normalized spacial score (nSPS) is 10.1. The van der Waals surface area contributed by atoms with Crippen molar-refractivity contribution < 1.29 is 14.3 Å². The number of halogens is 1. The summed E-state index contributed by atoms with van der Waals surface area (Å²) >= 11 is 2.11. The van der Waals surface area contributed by atoms with E-state index >= 15 is 0 Å². The molecule has 0 radical (unpaired) electrons. The van der Waals surface area contributed by atoms with Gasteiger partial charge in [0.2, 0.25) is 0 Å². The molecule has 0 aliphatic carbocycles. The molecule has 106 valence electrons. The predicted molar refractivity (Wildman–Crippen MR) is 83.1 cm³/mol. The van der Waals surface area contributed by atoms with Gasteiger partial charge in [-0.25, -0.2) is 0 Å². The Kier molecular flexibility index (Phi) is 6.93. The van der Waals surface area contributed by atoms with Gasteiger partial charge in [0.15, 0.2) is 11.5 Å². The third kappa shape index (κ3) is 4.54. The van der Waals surface area contributed by atoms with Crippen molar-refractivity contribution in [3.63, 3.8) is 0 Å². The molecule has 0 bridgehead atoms. The fourth-order valence-electron chi connectivity index (χ4n) is 1.56. The summed E-state index contributed by atoms with van der Waals surface area (Å²) in [5, 5.41) is 6.01. The Hall–Kier alpha value is -1.02. The maximum Gasteiger partial charge on any atom is 0.252 e. The fourth-order valence-corrected chi connectivity index (χ4v) is 2.25. The third-order valence-electron chi connectivity index (χ3n) is 2.56. The highest BCUT2D eigenvalue weighted by molar-refractivity contribution is 14.1. The molecule has 0 aliphatic rings. The summed E-state index contributed by atoms with van der Waals surface area (Å²) in [4.78, 5) is 12.1. The van der Waals surface area contributed by atoms with Gasteiger partial charge in [0.1, 0.15) is 0 Å². The summed E-state index contributed by atoms with van der Waals surface area (Å²) in [5.74, 6) is 1.07. The Balaban J connectivity index is 2.79. The van der Waals surface area contributed by atoms with Crippen molar-refractivity contribution >= 4 is 28.5 Å². The number of benzene rings is 1. The maximum atomic E-state index is 12.1. The zero-order valence-corrected chi connectivity index (χ0v) is 13.5. The van der Waals surface area contributed by atoms with E-state index in [1.807, 2.05) is 6.92 Å². The molecule has 19 heavy (non-hydrogen) atoms. The van der Waals surface area contributed by atoms with Gasteiger partial charge in [-0.2, -0.15) is 0 Å². The number of hydrogen-bond donors (Lipinski definition) is 2. The number of ether oxygens (including phenoxy) is 2. The molecular formula is C13H19IN2O3. The number of carbonyl (C=O) groups is 1. The van der Waals surface area contributed by atoms with Crippen LogP contribution in [0.4, 0.5) is 0 Å². The van der Waals surface area contributed by atoms with E-state index in [2.05, 4.69) is 33.2 Å². The lowest BCUT2D eigenvalue weighted by molar-refractivity contribution is 0.0952. The van der Waals surface area contributed by atoms with Crippen LogP contribution >= 0.6 is 22.6 Å². The molecule has 1 amide bonds. The molecule has 1 rings (SSSR count). The van der Waals surface area contributed by atoms with Gasteiger partial charge in [0.05, 0.1) is 19.8 Å². The monoisotopic (exact) mass is 378 g/mol. The summed E-state index contributed by atoms with van der Waals surface area (Å²) in [6.07, 6.45) is 0. The Morgan fingerprint density at radius 1 is 1.21 bits per heavy atom. The Bertz CT molecular complexity index is 438. The first kappa shape index (κ1) is 16.0. The highest BCUT2D eigenvalue weighted by atomic mass is 127. The lowest BCUT2D eigenvalue weighted by Gasteiger charge is -2.12. The number of nitrogens with one attached hydrogen (secondary N) is 2.